The van der Waals surface area contributed by atoms with Crippen LogP contribution in [0.5, 0.6) is 5.88 Å². The molecule has 0 saturated heterocycles. The second-order valence-electron chi connectivity index (χ2n) is 3.10. The van der Waals surface area contributed by atoms with Gasteiger partial charge in [-0.1, -0.05) is 6.08 Å². The smallest absolute Gasteiger partial charge is 0.216 e. The van der Waals surface area contributed by atoms with E-state index in [4.69, 9.17) is 4.74 Å². The standard InChI is InChI=1S/C11H17N3O/c1-5-6-14(12-3)10-7-9(2)11(15-4)13-8-10/h5-8,12H,1-4H3/b6-5-. The summed E-state index contributed by atoms with van der Waals surface area (Å²) >= 11 is 0. The van der Waals surface area contributed by atoms with Crippen molar-refractivity contribution in [2.24, 2.45) is 0 Å². The normalized spacial score (nSPS) is 10.7. The molecule has 1 aromatic heterocycles. The van der Waals surface area contributed by atoms with E-state index in [1.54, 1.807) is 13.3 Å². The third kappa shape index (κ3) is 2.70. The van der Waals surface area contributed by atoms with Crippen molar-refractivity contribution in [3.63, 3.8) is 0 Å². The molecule has 4 nitrogen and oxygen atoms in total. The van der Waals surface area contributed by atoms with Crippen molar-refractivity contribution in [1.82, 2.24) is 10.4 Å². The maximum absolute atomic E-state index is 5.11. The second kappa shape index (κ2) is 5.36. The topological polar surface area (TPSA) is 37.4 Å². The Morgan fingerprint density at radius 3 is 2.73 bits per heavy atom. The summed E-state index contributed by atoms with van der Waals surface area (Å²) in [5, 5.41) is 1.89. The van der Waals surface area contributed by atoms with Gasteiger partial charge in [0.05, 0.1) is 19.0 Å². The van der Waals surface area contributed by atoms with Gasteiger partial charge in [0.1, 0.15) is 0 Å². The van der Waals surface area contributed by atoms with E-state index in [1.165, 1.54) is 0 Å². The summed E-state index contributed by atoms with van der Waals surface area (Å²) in [5.74, 6) is 0.662. The van der Waals surface area contributed by atoms with E-state index in [9.17, 15) is 0 Å². The lowest BCUT2D eigenvalue weighted by Crippen LogP contribution is -2.29. The number of hydrogen-bond acceptors (Lipinski definition) is 4. The van der Waals surface area contributed by atoms with Crippen molar-refractivity contribution in [1.29, 1.82) is 0 Å². The van der Waals surface area contributed by atoms with E-state index in [0.29, 0.717) is 5.88 Å². The molecular formula is C11H17N3O. The van der Waals surface area contributed by atoms with Crippen LogP contribution in [0.1, 0.15) is 12.5 Å². The number of anilines is 1. The van der Waals surface area contributed by atoms with Crippen molar-refractivity contribution >= 4 is 5.69 Å². The summed E-state index contributed by atoms with van der Waals surface area (Å²) in [6, 6.07) is 2.02. The fourth-order valence-electron chi connectivity index (χ4n) is 1.33. The molecule has 0 fully saturated rings. The third-order valence-electron chi connectivity index (χ3n) is 2.03. The fourth-order valence-corrected chi connectivity index (χ4v) is 1.33. The molecule has 0 saturated carbocycles. The Morgan fingerprint density at radius 1 is 1.53 bits per heavy atom. The molecule has 0 atom stereocenters. The molecule has 0 aliphatic carbocycles. The summed E-state index contributed by atoms with van der Waals surface area (Å²) in [5.41, 5.74) is 5.04. The number of pyridine rings is 1. The quantitative estimate of drug-likeness (QED) is 0.765. The van der Waals surface area contributed by atoms with Gasteiger partial charge in [0.25, 0.3) is 0 Å². The Balaban J connectivity index is 2.99. The average Bonchev–Trinajstić information content (AvgIpc) is 2.25. The highest BCUT2D eigenvalue weighted by Crippen LogP contribution is 2.20. The number of aromatic nitrogens is 1. The van der Waals surface area contributed by atoms with Crippen molar-refractivity contribution < 1.29 is 4.74 Å². The number of hydrogen-bond donors (Lipinski definition) is 1. The Morgan fingerprint density at radius 2 is 2.27 bits per heavy atom. The number of nitrogens with one attached hydrogen (secondary N) is 1. The summed E-state index contributed by atoms with van der Waals surface area (Å²) in [6.07, 6.45) is 5.65. The van der Waals surface area contributed by atoms with Gasteiger partial charge >= 0.3 is 0 Å². The Hall–Kier alpha value is -1.55. The van der Waals surface area contributed by atoms with Crippen LogP contribution in [0.4, 0.5) is 5.69 Å². The number of ether oxygens (including phenoxy) is 1. The number of aryl methyl sites for hydroxylation is 1. The van der Waals surface area contributed by atoms with Crippen molar-refractivity contribution in [2.75, 3.05) is 19.2 Å². The first-order valence-corrected chi connectivity index (χ1v) is 4.83. The first-order chi connectivity index (χ1) is 7.22. The molecule has 0 spiro atoms. The zero-order valence-electron chi connectivity index (χ0n) is 9.61. The molecule has 0 aliphatic rings. The summed E-state index contributed by atoms with van der Waals surface area (Å²) < 4.78 is 5.11. The van der Waals surface area contributed by atoms with Gasteiger partial charge in [-0.2, -0.15) is 0 Å². The largest absolute Gasteiger partial charge is 0.481 e. The van der Waals surface area contributed by atoms with E-state index in [1.807, 2.05) is 44.2 Å². The van der Waals surface area contributed by atoms with Gasteiger partial charge in [0.15, 0.2) is 0 Å². The number of methoxy groups -OCH3 is 1. The molecule has 0 aromatic carbocycles. The van der Waals surface area contributed by atoms with E-state index >= 15 is 0 Å². The molecule has 0 unspecified atom stereocenters. The van der Waals surface area contributed by atoms with Crippen LogP contribution < -0.4 is 15.2 Å². The SMILES string of the molecule is C/C=C\N(NC)c1cnc(OC)c(C)c1. The molecule has 1 aromatic rings. The highest BCUT2D eigenvalue weighted by atomic mass is 16.5. The highest BCUT2D eigenvalue weighted by molar-refractivity contribution is 5.49. The van der Waals surface area contributed by atoms with E-state index in [-0.39, 0.29) is 0 Å². The van der Waals surface area contributed by atoms with E-state index in [2.05, 4.69) is 10.4 Å². The van der Waals surface area contributed by atoms with Gasteiger partial charge < -0.3 is 4.74 Å². The van der Waals surface area contributed by atoms with Gasteiger partial charge in [0.2, 0.25) is 5.88 Å². The van der Waals surface area contributed by atoms with Crippen LogP contribution in [0.2, 0.25) is 0 Å². The molecule has 1 heterocycles. The number of allylic oxidation sites excluding steroid dienone is 1. The lowest BCUT2D eigenvalue weighted by atomic mass is 10.3. The lowest BCUT2D eigenvalue weighted by molar-refractivity contribution is 0.394. The van der Waals surface area contributed by atoms with Gasteiger partial charge in [-0.25, -0.2) is 10.4 Å². The number of hydrazine groups is 1. The highest BCUT2D eigenvalue weighted by Gasteiger charge is 2.05. The summed E-state index contributed by atoms with van der Waals surface area (Å²) in [6.45, 7) is 3.94. The van der Waals surface area contributed by atoms with Gasteiger partial charge in [0, 0.05) is 18.8 Å². The van der Waals surface area contributed by atoms with Crippen LogP contribution in [0.15, 0.2) is 24.5 Å². The van der Waals surface area contributed by atoms with Gasteiger partial charge in [-0.3, -0.25) is 5.01 Å². The monoisotopic (exact) mass is 207 g/mol. The van der Waals surface area contributed by atoms with E-state index in [0.717, 1.165) is 11.3 Å². The fraction of sp³-hybridized carbons (Fsp3) is 0.364. The Kier molecular flexibility index (Phi) is 4.12. The van der Waals surface area contributed by atoms with Crippen molar-refractivity contribution in [3.05, 3.63) is 30.1 Å². The maximum Gasteiger partial charge on any atom is 0.216 e. The first kappa shape index (κ1) is 11.5. The van der Waals surface area contributed by atoms with Gasteiger partial charge in [-0.15, -0.1) is 0 Å². The molecule has 4 heteroatoms. The molecule has 1 rings (SSSR count). The molecule has 15 heavy (non-hydrogen) atoms. The molecule has 0 bridgehead atoms. The van der Waals surface area contributed by atoms with E-state index < -0.39 is 0 Å². The second-order valence-corrected chi connectivity index (χ2v) is 3.10. The van der Waals surface area contributed by atoms with Crippen molar-refractivity contribution in [3.8, 4) is 5.88 Å². The average molecular weight is 207 g/mol. The van der Waals surface area contributed by atoms with Crippen LogP contribution in [-0.4, -0.2) is 19.1 Å². The zero-order chi connectivity index (χ0) is 11.3. The number of rotatable bonds is 4. The molecule has 0 aliphatic heterocycles. The minimum atomic E-state index is 0.662. The van der Waals surface area contributed by atoms with Crippen LogP contribution in [-0.2, 0) is 0 Å². The van der Waals surface area contributed by atoms with Gasteiger partial charge in [-0.05, 0) is 19.9 Å². The molecule has 82 valence electrons. The molecule has 0 radical (unpaired) electrons. The van der Waals surface area contributed by atoms with Crippen LogP contribution in [0, 0.1) is 6.92 Å². The Labute approximate surface area is 90.5 Å². The van der Waals surface area contributed by atoms with Crippen LogP contribution >= 0.6 is 0 Å². The lowest BCUT2D eigenvalue weighted by Gasteiger charge is -2.19. The zero-order valence-corrected chi connectivity index (χ0v) is 9.61. The summed E-state index contributed by atoms with van der Waals surface area (Å²) in [7, 11) is 3.48. The molecule has 1 N–H and O–H groups in total. The first-order valence-electron chi connectivity index (χ1n) is 4.83. The third-order valence-corrected chi connectivity index (χ3v) is 2.03. The van der Waals surface area contributed by atoms with Crippen molar-refractivity contribution in [2.45, 2.75) is 13.8 Å². The summed E-state index contributed by atoms with van der Waals surface area (Å²) in [4.78, 5) is 4.21. The number of nitrogens with zero attached hydrogens (tertiary/aromatic N) is 2. The molecule has 0 amide bonds. The molecular weight excluding hydrogens is 190 g/mol. The minimum Gasteiger partial charge on any atom is -0.481 e. The predicted molar refractivity (Wildman–Crippen MR) is 61.9 cm³/mol. The Bertz CT molecular complexity index is 350. The minimum absolute atomic E-state index is 0.662. The predicted octanol–water partition coefficient (Wildman–Crippen LogP) is 1.87. The van der Waals surface area contributed by atoms with Crippen LogP contribution in [0.3, 0.4) is 0 Å². The van der Waals surface area contributed by atoms with Crippen LogP contribution in [0.25, 0.3) is 0 Å². The maximum atomic E-state index is 5.11.